The van der Waals surface area contributed by atoms with E-state index in [4.69, 9.17) is 4.52 Å². The molecule has 1 saturated carbocycles. The van der Waals surface area contributed by atoms with Gasteiger partial charge in [0.05, 0.1) is 6.54 Å². The average Bonchev–Trinajstić information content (AvgIpc) is 3.40. The summed E-state index contributed by atoms with van der Waals surface area (Å²) in [6.45, 7) is 5.38. The van der Waals surface area contributed by atoms with Gasteiger partial charge in [-0.25, -0.2) is 4.98 Å². The Hall–Kier alpha value is -2.33. The highest BCUT2D eigenvalue weighted by Crippen LogP contribution is 2.43. The third-order valence-electron chi connectivity index (χ3n) is 6.31. The summed E-state index contributed by atoms with van der Waals surface area (Å²) >= 11 is 1.41. The zero-order valence-corrected chi connectivity index (χ0v) is 18.8. The summed E-state index contributed by atoms with van der Waals surface area (Å²) in [5, 5.41) is 9.31. The Morgan fingerprint density at radius 3 is 2.58 bits per heavy atom. The zero-order valence-electron chi connectivity index (χ0n) is 18.0. The average molecular weight is 447 g/mol. The van der Waals surface area contributed by atoms with Crippen molar-refractivity contribution in [2.45, 2.75) is 58.4 Å². The van der Waals surface area contributed by atoms with E-state index in [1.54, 1.807) is 13.1 Å². The maximum Gasteiger partial charge on any atom is 0.226 e. The van der Waals surface area contributed by atoms with E-state index in [-0.39, 0.29) is 17.2 Å². The van der Waals surface area contributed by atoms with Crippen molar-refractivity contribution in [2.75, 3.05) is 31.5 Å². The van der Waals surface area contributed by atoms with Crippen LogP contribution in [0.5, 0.6) is 0 Å². The Kier molecular flexibility index (Phi) is 6.96. The molecule has 4 rings (SSSR count). The first-order chi connectivity index (χ1) is 15.0. The maximum atomic E-state index is 13.2. The summed E-state index contributed by atoms with van der Waals surface area (Å²) in [5.74, 6) is 1.38. The number of carbonyl (C=O) groups excluding carboxylic acids is 2. The molecule has 0 atom stereocenters. The minimum atomic E-state index is -0.240. The van der Waals surface area contributed by atoms with Crippen molar-refractivity contribution in [1.29, 1.82) is 0 Å². The summed E-state index contributed by atoms with van der Waals surface area (Å²) in [5.41, 5.74) is -0.240. The van der Waals surface area contributed by atoms with Gasteiger partial charge in [-0.2, -0.15) is 4.98 Å². The number of amides is 2. The van der Waals surface area contributed by atoms with Crippen molar-refractivity contribution < 1.29 is 14.1 Å². The van der Waals surface area contributed by atoms with Gasteiger partial charge in [-0.05, 0) is 18.3 Å². The van der Waals surface area contributed by atoms with E-state index in [0.29, 0.717) is 49.3 Å². The van der Waals surface area contributed by atoms with E-state index in [1.165, 1.54) is 17.8 Å². The van der Waals surface area contributed by atoms with E-state index in [9.17, 15) is 9.59 Å². The zero-order chi connectivity index (χ0) is 21.7. The number of aromatic nitrogens is 3. The molecule has 1 aliphatic heterocycles. The summed E-state index contributed by atoms with van der Waals surface area (Å²) < 4.78 is 5.04. The van der Waals surface area contributed by atoms with Gasteiger partial charge in [0.2, 0.25) is 17.7 Å². The highest BCUT2D eigenvalue weighted by molar-refractivity contribution is 7.13. The SMILES string of the molecule is Cc1nc(CN2CCN(C(=O)CC3(CC(=O)Nc4nccs4)CCCCC3)CC2)no1. The molecule has 1 saturated heterocycles. The second kappa shape index (κ2) is 9.86. The molecule has 0 bridgehead atoms. The normalized spacial score (nSPS) is 19.3. The molecule has 2 aromatic heterocycles. The Balaban J connectivity index is 1.30. The Morgan fingerprint density at radius 2 is 1.94 bits per heavy atom. The first-order valence-corrected chi connectivity index (χ1v) is 11.9. The molecule has 31 heavy (non-hydrogen) atoms. The van der Waals surface area contributed by atoms with Crippen molar-refractivity contribution in [1.82, 2.24) is 24.9 Å². The van der Waals surface area contributed by atoms with Crippen LogP contribution in [0.2, 0.25) is 0 Å². The highest BCUT2D eigenvalue weighted by atomic mass is 32.1. The fourth-order valence-electron chi connectivity index (χ4n) is 4.70. The Bertz CT molecular complexity index is 870. The molecule has 2 amide bonds. The lowest BCUT2D eigenvalue weighted by molar-refractivity contribution is -0.137. The van der Waals surface area contributed by atoms with Crippen molar-refractivity contribution in [3.63, 3.8) is 0 Å². The third-order valence-corrected chi connectivity index (χ3v) is 7.00. The number of hydrogen-bond donors (Lipinski definition) is 1. The van der Waals surface area contributed by atoms with Crippen molar-refractivity contribution in [2.24, 2.45) is 5.41 Å². The lowest BCUT2D eigenvalue weighted by atomic mass is 9.69. The lowest BCUT2D eigenvalue weighted by Gasteiger charge is -2.40. The number of thiazole rings is 1. The van der Waals surface area contributed by atoms with Crippen LogP contribution in [0.25, 0.3) is 0 Å². The van der Waals surface area contributed by atoms with E-state index in [0.717, 1.165) is 38.8 Å². The number of piperazine rings is 1. The number of aryl methyl sites for hydroxylation is 1. The molecule has 0 spiro atoms. The molecule has 0 aromatic carbocycles. The van der Waals surface area contributed by atoms with Crippen LogP contribution >= 0.6 is 11.3 Å². The Labute approximate surface area is 186 Å². The number of nitrogens with zero attached hydrogens (tertiary/aromatic N) is 5. The van der Waals surface area contributed by atoms with Gasteiger partial charge in [-0.15, -0.1) is 11.3 Å². The molecule has 0 radical (unpaired) electrons. The second-order valence-corrected chi connectivity index (χ2v) is 9.58. The molecule has 1 aliphatic carbocycles. The van der Waals surface area contributed by atoms with Crippen molar-refractivity contribution in [3.05, 3.63) is 23.3 Å². The van der Waals surface area contributed by atoms with E-state index in [2.05, 4.69) is 25.3 Å². The molecule has 2 fully saturated rings. The summed E-state index contributed by atoms with van der Waals surface area (Å²) in [6, 6.07) is 0. The topological polar surface area (TPSA) is 104 Å². The minimum Gasteiger partial charge on any atom is -0.340 e. The number of hydrogen-bond acceptors (Lipinski definition) is 8. The molecule has 3 heterocycles. The van der Waals surface area contributed by atoms with Gasteiger partial charge in [-0.3, -0.25) is 14.5 Å². The second-order valence-electron chi connectivity index (χ2n) is 8.69. The maximum absolute atomic E-state index is 13.2. The van der Waals surface area contributed by atoms with E-state index < -0.39 is 0 Å². The largest absolute Gasteiger partial charge is 0.340 e. The monoisotopic (exact) mass is 446 g/mol. The van der Waals surface area contributed by atoms with Crippen LogP contribution in [0.4, 0.5) is 5.13 Å². The Morgan fingerprint density at radius 1 is 1.16 bits per heavy atom. The standard InChI is InChI=1S/C21H30N6O3S/c1-16-23-17(25-30-16)15-26-8-10-27(11-9-26)19(29)14-21(5-3-2-4-6-21)13-18(28)24-20-22-7-12-31-20/h7,12H,2-6,8-11,13-15H2,1H3,(H,22,24,28). The minimum absolute atomic E-state index is 0.0372. The van der Waals surface area contributed by atoms with Crippen LogP contribution in [0.15, 0.2) is 16.1 Å². The molecule has 2 aliphatic rings. The predicted octanol–water partition coefficient (Wildman–Crippen LogP) is 2.85. The van der Waals surface area contributed by atoms with Crippen LogP contribution in [0.1, 0.15) is 56.7 Å². The number of nitrogens with one attached hydrogen (secondary N) is 1. The van der Waals surface area contributed by atoms with Crippen LogP contribution in [0, 0.1) is 12.3 Å². The predicted molar refractivity (Wildman–Crippen MR) is 116 cm³/mol. The molecule has 9 nitrogen and oxygen atoms in total. The molecular formula is C21H30N6O3S. The highest BCUT2D eigenvalue weighted by Gasteiger charge is 2.38. The van der Waals surface area contributed by atoms with Crippen LogP contribution in [-0.4, -0.2) is 62.9 Å². The first kappa shape index (κ1) is 21.9. The third kappa shape index (κ3) is 5.88. The summed E-state index contributed by atoms with van der Waals surface area (Å²) in [7, 11) is 0. The van der Waals surface area contributed by atoms with Gasteiger partial charge in [-0.1, -0.05) is 24.4 Å². The quantitative estimate of drug-likeness (QED) is 0.697. The van der Waals surface area contributed by atoms with E-state index in [1.807, 2.05) is 10.3 Å². The number of anilines is 1. The first-order valence-electron chi connectivity index (χ1n) is 11.0. The smallest absolute Gasteiger partial charge is 0.226 e. The molecule has 168 valence electrons. The van der Waals surface area contributed by atoms with Gasteiger partial charge in [0, 0.05) is 57.5 Å². The van der Waals surface area contributed by atoms with Crippen LogP contribution in [0.3, 0.4) is 0 Å². The molecule has 2 aromatic rings. The van der Waals surface area contributed by atoms with Crippen LogP contribution in [-0.2, 0) is 16.1 Å². The summed E-state index contributed by atoms with van der Waals surface area (Å²) in [6.07, 6.45) is 7.71. The lowest BCUT2D eigenvalue weighted by Crippen LogP contribution is -2.49. The summed E-state index contributed by atoms with van der Waals surface area (Å²) in [4.78, 5) is 38.4. The molecule has 0 unspecified atom stereocenters. The fraction of sp³-hybridized carbons (Fsp3) is 0.667. The number of rotatable bonds is 7. The van der Waals surface area contributed by atoms with E-state index >= 15 is 0 Å². The van der Waals surface area contributed by atoms with Gasteiger partial charge in [0.1, 0.15) is 0 Å². The molecule has 1 N–H and O–H groups in total. The van der Waals surface area contributed by atoms with Crippen LogP contribution < -0.4 is 5.32 Å². The van der Waals surface area contributed by atoms with Gasteiger partial charge in [0.25, 0.3) is 0 Å². The van der Waals surface area contributed by atoms with Crippen molar-refractivity contribution in [3.8, 4) is 0 Å². The molecular weight excluding hydrogens is 416 g/mol. The van der Waals surface area contributed by atoms with Crippen molar-refractivity contribution >= 4 is 28.3 Å². The fourth-order valence-corrected chi connectivity index (χ4v) is 5.25. The van der Waals surface area contributed by atoms with Gasteiger partial charge < -0.3 is 14.7 Å². The number of carbonyl (C=O) groups is 2. The van der Waals surface area contributed by atoms with Gasteiger partial charge >= 0.3 is 0 Å². The van der Waals surface area contributed by atoms with Gasteiger partial charge in [0.15, 0.2) is 11.0 Å². The molecule has 10 heteroatoms.